The molecule has 0 aliphatic carbocycles. The normalized spacial score (nSPS) is 13.7. The Balaban J connectivity index is 2.67. The van der Waals surface area contributed by atoms with Gasteiger partial charge in [-0.2, -0.15) is 0 Å². The van der Waals surface area contributed by atoms with Crippen LogP contribution < -0.4 is 11.1 Å². The first-order chi connectivity index (χ1) is 8.56. The summed E-state index contributed by atoms with van der Waals surface area (Å²) in [4.78, 5) is 22.6. The number of hydrogen-bond donors (Lipinski definition) is 4. The Morgan fingerprint density at radius 3 is 2.39 bits per heavy atom. The number of aliphatic hydroxyl groups is 1. The van der Waals surface area contributed by atoms with Gasteiger partial charge in [-0.05, 0) is 5.56 Å². The van der Waals surface area contributed by atoms with Gasteiger partial charge in [0.05, 0.1) is 0 Å². The highest BCUT2D eigenvalue weighted by Crippen LogP contribution is 2.09. The van der Waals surface area contributed by atoms with Gasteiger partial charge in [-0.3, -0.25) is 4.79 Å². The average molecular weight is 252 g/mol. The Bertz CT molecular complexity index is 408. The highest BCUT2D eigenvalue weighted by atomic mass is 16.4. The third kappa shape index (κ3) is 3.83. The standard InChI is InChI=1S/C12H16N2O4/c13-10(8-4-2-1-3-5-8)11(16)14-9(6-7-15)12(17)18/h1-5,9-10,15H,6-7,13H2,(H,14,16)(H,17,18). The zero-order chi connectivity index (χ0) is 13.5. The number of nitrogens with one attached hydrogen (secondary N) is 1. The molecule has 2 unspecified atom stereocenters. The largest absolute Gasteiger partial charge is 0.480 e. The van der Waals surface area contributed by atoms with Gasteiger partial charge < -0.3 is 21.3 Å². The van der Waals surface area contributed by atoms with E-state index in [0.29, 0.717) is 5.56 Å². The molecule has 0 saturated carbocycles. The first-order valence-electron chi connectivity index (χ1n) is 5.51. The topological polar surface area (TPSA) is 113 Å². The second-order valence-electron chi connectivity index (χ2n) is 3.80. The molecular formula is C12H16N2O4. The van der Waals surface area contributed by atoms with Gasteiger partial charge in [0.15, 0.2) is 0 Å². The molecule has 18 heavy (non-hydrogen) atoms. The quantitative estimate of drug-likeness (QED) is 0.552. The van der Waals surface area contributed by atoms with E-state index >= 15 is 0 Å². The lowest BCUT2D eigenvalue weighted by Gasteiger charge is -2.17. The van der Waals surface area contributed by atoms with Crippen LogP contribution in [0.4, 0.5) is 0 Å². The van der Waals surface area contributed by atoms with Crippen molar-refractivity contribution in [1.82, 2.24) is 5.32 Å². The maximum atomic E-state index is 11.8. The molecule has 0 heterocycles. The van der Waals surface area contributed by atoms with Gasteiger partial charge in [0.1, 0.15) is 12.1 Å². The number of nitrogens with two attached hydrogens (primary N) is 1. The van der Waals surface area contributed by atoms with Gasteiger partial charge in [-0.1, -0.05) is 30.3 Å². The van der Waals surface area contributed by atoms with E-state index in [2.05, 4.69) is 5.32 Å². The van der Waals surface area contributed by atoms with Crippen LogP contribution >= 0.6 is 0 Å². The van der Waals surface area contributed by atoms with Crippen LogP contribution in [0.5, 0.6) is 0 Å². The van der Waals surface area contributed by atoms with E-state index in [9.17, 15) is 9.59 Å². The second kappa shape index (κ2) is 6.73. The Hall–Kier alpha value is -1.92. The van der Waals surface area contributed by atoms with Crippen molar-refractivity contribution in [3.63, 3.8) is 0 Å². The summed E-state index contributed by atoms with van der Waals surface area (Å²) in [6, 6.07) is 6.59. The molecule has 6 heteroatoms. The van der Waals surface area contributed by atoms with Crippen molar-refractivity contribution in [2.45, 2.75) is 18.5 Å². The second-order valence-corrected chi connectivity index (χ2v) is 3.80. The fraction of sp³-hybridized carbons (Fsp3) is 0.333. The summed E-state index contributed by atoms with van der Waals surface area (Å²) in [6.07, 6.45) is -0.0530. The number of aliphatic hydroxyl groups excluding tert-OH is 1. The Labute approximate surface area is 104 Å². The molecule has 0 spiro atoms. The lowest BCUT2D eigenvalue weighted by atomic mass is 10.1. The molecule has 0 aliphatic heterocycles. The molecule has 0 aliphatic rings. The molecule has 0 fully saturated rings. The maximum absolute atomic E-state index is 11.8. The van der Waals surface area contributed by atoms with Gasteiger partial charge >= 0.3 is 5.97 Å². The van der Waals surface area contributed by atoms with Gasteiger partial charge in [0.25, 0.3) is 0 Å². The van der Waals surface area contributed by atoms with Crippen LogP contribution in [0.15, 0.2) is 30.3 Å². The fourth-order valence-corrected chi connectivity index (χ4v) is 1.46. The number of carboxylic acids is 1. The predicted molar refractivity (Wildman–Crippen MR) is 64.6 cm³/mol. The summed E-state index contributed by atoms with van der Waals surface area (Å²) in [5, 5.41) is 19.8. The summed E-state index contributed by atoms with van der Waals surface area (Å²) in [5.41, 5.74) is 6.32. The molecule has 1 amide bonds. The number of benzene rings is 1. The minimum absolute atomic E-state index is 0.0530. The predicted octanol–water partition coefficient (Wildman–Crippen LogP) is -0.362. The van der Waals surface area contributed by atoms with E-state index in [0.717, 1.165) is 0 Å². The molecule has 98 valence electrons. The van der Waals surface area contributed by atoms with Crippen molar-refractivity contribution in [3.8, 4) is 0 Å². The van der Waals surface area contributed by atoms with Gasteiger partial charge in [0.2, 0.25) is 5.91 Å². The fourth-order valence-electron chi connectivity index (χ4n) is 1.46. The first kappa shape index (κ1) is 14.1. The molecule has 0 bridgehead atoms. The summed E-state index contributed by atoms with van der Waals surface area (Å²) >= 11 is 0. The number of carbonyl (C=O) groups is 2. The maximum Gasteiger partial charge on any atom is 0.326 e. The summed E-state index contributed by atoms with van der Waals surface area (Å²) in [6.45, 7) is -0.322. The third-order valence-electron chi connectivity index (χ3n) is 2.47. The van der Waals surface area contributed by atoms with Crippen LogP contribution in [0.1, 0.15) is 18.0 Å². The van der Waals surface area contributed by atoms with Gasteiger partial charge in [-0.25, -0.2) is 4.79 Å². The minimum atomic E-state index is -1.20. The monoisotopic (exact) mass is 252 g/mol. The number of rotatable bonds is 6. The van der Waals surface area contributed by atoms with Crippen molar-refractivity contribution in [2.75, 3.05) is 6.61 Å². The van der Waals surface area contributed by atoms with Crippen LogP contribution in [-0.4, -0.2) is 34.7 Å². The van der Waals surface area contributed by atoms with Crippen molar-refractivity contribution < 1.29 is 19.8 Å². The molecule has 0 aromatic heterocycles. The number of carbonyl (C=O) groups excluding carboxylic acids is 1. The van der Waals surface area contributed by atoms with Crippen molar-refractivity contribution in [1.29, 1.82) is 0 Å². The number of amides is 1. The highest BCUT2D eigenvalue weighted by Gasteiger charge is 2.23. The van der Waals surface area contributed by atoms with E-state index in [1.54, 1.807) is 30.3 Å². The smallest absolute Gasteiger partial charge is 0.326 e. The molecule has 1 rings (SSSR count). The summed E-state index contributed by atoms with van der Waals surface area (Å²) in [7, 11) is 0. The van der Waals surface area contributed by atoms with E-state index in [-0.39, 0.29) is 13.0 Å². The molecule has 0 radical (unpaired) electrons. The van der Waals surface area contributed by atoms with Crippen molar-refractivity contribution in [3.05, 3.63) is 35.9 Å². The lowest BCUT2D eigenvalue weighted by molar-refractivity contribution is -0.142. The number of aliphatic carboxylic acids is 1. The van der Waals surface area contributed by atoms with E-state index in [1.165, 1.54) is 0 Å². The summed E-state index contributed by atoms with van der Waals surface area (Å²) < 4.78 is 0. The van der Waals surface area contributed by atoms with Crippen molar-refractivity contribution >= 4 is 11.9 Å². The van der Waals surface area contributed by atoms with E-state index in [1.807, 2.05) is 0 Å². The zero-order valence-corrected chi connectivity index (χ0v) is 9.74. The first-order valence-corrected chi connectivity index (χ1v) is 5.51. The van der Waals surface area contributed by atoms with Crippen LogP contribution in [-0.2, 0) is 9.59 Å². The molecule has 1 aromatic carbocycles. The average Bonchev–Trinajstić information content (AvgIpc) is 2.38. The molecular weight excluding hydrogens is 236 g/mol. The molecule has 2 atom stereocenters. The Kier molecular flexibility index (Phi) is 5.29. The Morgan fingerprint density at radius 1 is 1.28 bits per heavy atom. The lowest BCUT2D eigenvalue weighted by Crippen LogP contribution is -2.45. The highest BCUT2D eigenvalue weighted by molar-refractivity contribution is 5.87. The van der Waals surface area contributed by atoms with Gasteiger partial charge in [-0.15, -0.1) is 0 Å². The zero-order valence-electron chi connectivity index (χ0n) is 9.74. The summed E-state index contributed by atoms with van der Waals surface area (Å²) in [5.74, 6) is -1.78. The van der Waals surface area contributed by atoms with Gasteiger partial charge in [0, 0.05) is 13.0 Å². The van der Waals surface area contributed by atoms with E-state index < -0.39 is 24.0 Å². The third-order valence-corrected chi connectivity index (χ3v) is 2.47. The van der Waals surface area contributed by atoms with Crippen LogP contribution in [0.2, 0.25) is 0 Å². The molecule has 0 saturated heterocycles. The van der Waals surface area contributed by atoms with E-state index in [4.69, 9.17) is 15.9 Å². The Morgan fingerprint density at radius 2 is 1.89 bits per heavy atom. The van der Waals surface area contributed by atoms with Crippen molar-refractivity contribution in [2.24, 2.45) is 5.73 Å². The molecule has 5 N–H and O–H groups in total. The van der Waals surface area contributed by atoms with Crippen LogP contribution in [0, 0.1) is 0 Å². The molecule has 6 nitrogen and oxygen atoms in total. The number of carboxylic acid groups (broad SMARTS) is 1. The SMILES string of the molecule is NC(C(=O)NC(CCO)C(=O)O)c1ccccc1. The minimum Gasteiger partial charge on any atom is -0.480 e. The number of hydrogen-bond acceptors (Lipinski definition) is 4. The molecule has 1 aromatic rings. The van der Waals surface area contributed by atoms with Crippen LogP contribution in [0.3, 0.4) is 0 Å². The van der Waals surface area contributed by atoms with Crippen LogP contribution in [0.25, 0.3) is 0 Å².